The average molecular weight is 1320 g/mol. The average Bonchev–Trinajstić information content (AvgIpc) is 1.20. The van der Waals surface area contributed by atoms with Gasteiger partial charge in [0.1, 0.15) is 17.3 Å². The van der Waals surface area contributed by atoms with Crippen LogP contribution in [-0.2, 0) is 47.9 Å². The predicted octanol–water partition coefficient (Wildman–Crippen LogP) is 16.5. The number of Topliss-reactive ketones (excluding diaryl/α,β-unsaturated/α-hetero) is 6. The second kappa shape index (κ2) is 27.4. The Morgan fingerprint density at radius 2 is 0.670 bits per heavy atom. The number of ether oxygens (including phenoxy) is 1. The van der Waals surface area contributed by atoms with Gasteiger partial charge in [-0.3, -0.25) is 43.2 Å². The molecule has 0 radical (unpaired) electrons. The molecule has 0 amide bonds. The van der Waals surface area contributed by atoms with Gasteiger partial charge in [0.15, 0.2) is 35.9 Å². The van der Waals surface area contributed by atoms with E-state index in [0.717, 1.165) is 103 Å². The van der Waals surface area contributed by atoms with Gasteiger partial charge in [0.25, 0.3) is 0 Å². The van der Waals surface area contributed by atoms with Crippen molar-refractivity contribution in [3.05, 3.63) is 0 Å². The largest absolute Gasteiger partial charge is 0.481 e. The summed E-state index contributed by atoms with van der Waals surface area (Å²) in [4.78, 5) is 112. The first kappa shape index (κ1) is 73.0. The molecule has 94 heavy (non-hydrogen) atoms. The van der Waals surface area contributed by atoms with Crippen molar-refractivity contribution in [2.45, 2.75) is 275 Å². The van der Waals surface area contributed by atoms with Crippen molar-refractivity contribution >= 4 is 52.6 Å². The molecule has 12 saturated carbocycles. The van der Waals surface area contributed by atoms with E-state index < -0.39 is 30.5 Å². The van der Waals surface area contributed by atoms with Gasteiger partial charge in [-0.2, -0.15) is 0 Å². The van der Waals surface area contributed by atoms with Gasteiger partial charge in [-0.25, -0.2) is 13.2 Å². The number of carboxylic acid groups (broad SMARTS) is 2. The highest BCUT2D eigenvalue weighted by Gasteiger charge is 2.70. The maximum Gasteiger partial charge on any atom is 0.305 e. The molecule has 9 unspecified atom stereocenters. The first-order chi connectivity index (χ1) is 44.2. The Hall–Kier alpha value is -3.78. The van der Waals surface area contributed by atoms with Crippen LogP contribution in [0.2, 0.25) is 0 Å². The fourth-order valence-electron chi connectivity index (χ4n) is 27.1. The maximum absolute atomic E-state index is 14.7. The van der Waals surface area contributed by atoms with Crippen molar-refractivity contribution in [3.8, 4) is 0 Å². The Kier molecular flexibility index (Phi) is 21.3. The van der Waals surface area contributed by atoms with Gasteiger partial charge in [0.05, 0.1) is 7.11 Å². The van der Waals surface area contributed by atoms with E-state index in [9.17, 15) is 56.3 Å². The van der Waals surface area contributed by atoms with Crippen LogP contribution in [0.3, 0.4) is 0 Å². The lowest BCUT2D eigenvalue weighted by atomic mass is 9.41. The van der Waals surface area contributed by atoms with E-state index in [-0.39, 0.29) is 172 Å². The molecule has 0 spiro atoms. The number of ketones is 6. The topological polar surface area (TPSA) is 203 Å². The Labute approximate surface area is 560 Å². The summed E-state index contributed by atoms with van der Waals surface area (Å²) in [6, 6.07) is 0. The third kappa shape index (κ3) is 12.1. The van der Waals surface area contributed by atoms with Gasteiger partial charge < -0.3 is 14.9 Å². The van der Waals surface area contributed by atoms with Gasteiger partial charge in [-0.05, 0) is 256 Å². The van der Waals surface area contributed by atoms with Crippen LogP contribution in [0.4, 0.5) is 13.2 Å². The van der Waals surface area contributed by atoms with Crippen LogP contribution in [0.25, 0.3) is 0 Å². The smallest absolute Gasteiger partial charge is 0.305 e. The number of carboxylic acids is 2. The predicted molar refractivity (Wildman–Crippen MR) is 353 cm³/mol. The number of halogens is 3. The molecular formula is C79H119F3O12. The highest BCUT2D eigenvalue weighted by atomic mass is 19.1. The summed E-state index contributed by atoms with van der Waals surface area (Å²) in [5, 5.41) is 18.3. The molecule has 12 aliphatic carbocycles. The maximum atomic E-state index is 14.7. The fourth-order valence-corrected chi connectivity index (χ4v) is 27.1. The Morgan fingerprint density at radius 3 is 0.915 bits per heavy atom. The summed E-state index contributed by atoms with van der Waals surface area (Å²) in [5.74, 6) is 1.99. The highest BCUT2D eigenvalue weighted by molar-refractivity contribution is 5.92. The van der Waals surface area contributed by atoms with Crippen LogP contribution >= 0.6 is 0 Å². The summed E-state index contributed by atoms with van der Waals surface area (Å²) >= 11 is 0. The lowest BCUT2D eigenvalue weighted by Crippen LogP contribution is -2.61. The van der Waals surface area contributed by atoms with E-state index in [1.807, 2.05) is 13.8 Å². The summed E-state index contributed by atoms with van der Waals surface area (Å²) < 4.78 is 48.9. The number of carbonyl (C=O) groups is 9. The minimum atomic E-state index is -1.38. The zero-order valence-corrected chi connectivity index (χ0v) is 59.6. The van der Waals surface area contributed by atoms with Crippen molar-refractivity contribution in [2.75, 3.05) is 7.11 Å². The zero-order chi connectivity index (χ0) is 68.9. The molecule has 0 heterocycles. The Bertz CT molecular complexity index is 2780. The van der Waals surface area contributed by atoms with E-state index in [1.165, 1.54) is 7.11 Å². The molecule has 0 bridgehead atoms. The summed E-state index contributed by atoms with van der Waals surface area (Å²) in [5.41, 5.74) is -0.622. The molecule has 30 atom stereocenters. The van der Waals surface area contributed by atoms with E-state index in [2.05, 4.69) is 69.2 Å². The van der Waals surface area contributed by atoms with E-state index >= 15 is 0 Å². The number of aliphatic carboxylic acids is 2. The molecule has 12 fully saturated rings. The third-order valence-corrected chi connectivity index (χ3v) is 31.9. The monoisotopic (exact) mass is 1320 g/mol. The minimum absolute atomic E-state index is 0.00119. The van der Waals surface area contributed by atoms with Crippen LogP contribution in [0.15, 0.2) is 0 Å². The van der Waals surface area contributed by atoms with E-state index in [1.54, 1.807) is 0 Å². The molecule has 0 aromatic carbocycles. The van der Waals surface area contributed by atoms with Gasteiger partial charge in [-0.15, -0.1) is 0 Å². The van der Waals surface area contributed by atoms with Crippen molar-refractivity contribution in [1.29, 1.82) is 0 Å². The zero-order valence-electron chi connectivity index (χ0n) is 59.6. The fraction of sp³-hybridized carbons (Fsp3) is 0.886. The molecule has 528 valence electrons. The van der Waals surface area contributed by atoms with Gasteiger partial charge in [0, 0.05) is 74.0 Å². The van der Waals surface area contributed by atoms with E-state index in [0.29, 0.717) is 96.3 Å². The Balaban J connectivity index is 0.000000154. The van der Waals surface area contributed by atoms with Crippen LogP contribution in [0, 0.1) is 157 Å². The number of esters is 1. The first-order valence-corrected chi connectivity index (χ1v) is 37.8. The molecule has 12 rings (SSSR count). The van der Waals surface area contributed by atoms with Crippen molar-refractivity contribution in [3.63, 3.8) is 0 Å². The number of rotatable bonds is 15. The standard InChI is InChI=1S/C27H41FO4.2C26H39FO4/c1-6-16-20-13-22(29)21(28)14-27(20,4)19-11-12-26(3)17(15(2)7-10-23(30)32-5)8-9-18(26)24(19)25(16)31;2*1-5-15-19-12-21(28)20(27)13-26(19,4)18-10-11-25(3)16(14(2)6-9-22(29)30)7-8-17(25)23(18)24(15)31/h15-21,24H,6-14H2,1-5H3;2*14-20,23H,5-13H2,1-4H3,(H,29,30)/t15-,16-,17-,18?,19?,20+,21-,24?,26-,27-;14-,15-,16-,17?,18?,19+,20+,23?,25-,26-;14-,15-,16-,17?,18?,19+,20-,23?,25-,26-/m111/s1. The Morgan fingerprint density at radius 1 is 0.415 bits per heavy atom. The number of fused-ring (bicyclic) bond motifs is 15. The van der Waals surface area contributed by atoms with Crippen LogP contribution in [0.1, 0.15) is 256 Å². The first-order valence-electron chi connectivity index (χ1n) is 37.8. The normalized spacial score (nSPS) is 47.6. The van der Waals surface area contributed by atoms with Crippen molar-refractivity contribution < 1.29 is 71.3 Å². The third-order valence-electron chi connectivity index (χ3n) is 31.9. The molecule has 2 N–H and O–H groups in total. The molecule has 0 aliphatic heterocycles. The van der Waals surface area contributed by atoms with Gasteiger partial charge in [0.2, 0.25) is 0 Å². The van der Waals surface area contributed by atoms with Crippen LogP contribution in [0.5, 0.6) is 0 Å². The molecule has 12 aliphatic rings. The van der Waals surface area contributed by atoms with Crippen LogP contribution < -0.4 is 0 Å². The summed E-state index contributed by atoms with van der Waals surface area (Å²) in [6.07, 6.45) is 14.9. The summed E-state index contributed by atoms with van der Waals surface area (Å²) in [6.45, 7) is 26.4. The second-order valence-electron chi connectivity index (χ2n) is 35.4. The SMILES string of the molecule is CC[C@H]1C(=O)C2C3CC[C@H]([C@H](C)CCC(=O)O)[C@@]3(C)CCC2[C@@]2(C)C[C@@H](F)C(=O)C[C@@H]12.CC[C@H]1C(=O)C2C3CC[C@H]([C@H](C)CCC(=O)O)[C@@]3(C)CCC2[C@@]2(C)C[C@H](F)C(=O)C[C@@H]12.CC[C@H]1C(=O)C2C3CC[C@H]([C@H](C)CCC(=O)OC)[C@@]3(C)CCC2[C@@]2(C)C[C@@H](F)C(=O)C[C@@H]12. The highest BCUT2D eigenvalue weighted by Crippen LogP contribution is 2.73. The second-order valence-corrected chi connectivity index (χ2v) is 35.4. The van der Waals surface area contributed by atoms with Gasteiger partial charge in [-0.1, -0.05) is 83.1 Å². The number of methoxy groups -OCH3 is 1. The minimum Gasteiger partial charge on any atom is -0.481 e. The lowest BCUT2D eigenvalue weighted by Gasteiger charge is -2.61. The van der Waals surface area contributed by atoms with Crippen molar-refractivity contribution in [2.24, 2.45) is 157 Å². The molecule has 0 aromatic heterocycles. The summed E-state index contributed by atoms with van der Waals surface area (Å²) in [7, 11) is 1.44. The lowest BCUT2D eigenvalue weighted by molar-refractivity contribution is -0.175. The van der Waals surface area contributed by atoms with E-state index in [4.69, 9.17) is 14.9 Å². The molecule has 0 saturated heterocycles. The number of hydrogen-bond donors (Lipinski definition) is 2. The molecule has 0 aromatic rings. The van der Waals surface area contributed by atoms with Crippen molar-refractivity contribution in [1.82, 2.24) is 0 Å². The molecule has 12 nitrogen and oxygen atoms in total. The molecular weight excluding hydrogens is 1200 g/mol. The molecule has 15 heteroatoms. The van der Waals surface area contributed by atoms with Gasteiger partial charge >= 0.3 is 17.9 Å². The quantitative estimate of drug-likeness (QED) is 0.147. The number of alkyl halides is 3. The van der Waals surface area contributed by atoms with Crippen LogP contribution in [-0.4, -0.2) is 88.4 Å². The number of hydrogen-bond acceptors (Lipinski definition) is 10. The number of carbonyl (C=O) groups excluding carboxylic acids is 7.